The molecule has 2 rings (SSSR count). The maximum Gasteiger partial charge on any atom is 0.534 e. The van der Waals surface area contributed by atoms with Gasteiger partial charge in [-0.15, -0.1) is 0 Å². The Kier molecular flexibility index (Phi) is 5.31. The lowest BCUT2D eigenvalue weighted by Gasteiger charge is -2.26. The van der Waals surface area contributed by atoms with E-state index in [-0.39, 0.29) is 25.4 Å². The molecule has 1 heterocycles. The first-order chi connectivity index (χ1) is 11.8. The van der Waals surface area contributed by atoms with Crippen molar-refractivity contribution in [1.29, 1.82) is 0 Å². The quantitative estimate of drug-likeness (QED) is 0.564. The van der Waals surface area contributed by atoms with Gasteiger partial charge in [0.2, 0.25) is 0 Å². The van der Waals surface area contributed by atoms with Crippen LogP contribution in [-0.2, 0) is 21.4 Å². The van der Waals surface area contributed by atoms with Gasteiger partial charge in [-0.25, -0.2) is 4.79 Å². The van der Waals surface area contributed by atoms with E-state index in [1.54, 1.807) is 20.8 Å². The molecular formula is C15H18F3NO6S. The topological polar surface area (TPSA) is 82.1 Å². The number of rotatable bonds is 2. The third-order valence-corrected chi connectivity index (χ3v) is 4.13. The van der Waals surface area contributed by atoms with Crippen LogP contribution in [0.4, 0.5) is 18.0 Å². The summed E-state index contributed by atoms with van der Waals surface area (Å²) in [5.74, 6) is -0.753. The molecule has 0 aliphatic carbocycles. The second-order valence-corrected chi connectivity index (χ2v) is 8.02. The van der Waals surface area contributed by atoms with E-state index < -0.39 is 33.1 Å². The van der Waals surface area contributed by atoms with Gasteiger partial charge >= 0.3 is 21.7 Å². The Hall–Kier alpha value is -2.17. The second kappa shape index (κ2) is 6.86. The van der Waals surface area contributed by atoms with E-state index in [9.17, 15) is 26.4 Å². The van der Waals surface area contributed by atoms with Gasteiger partial charge in [0.15, 0.2) is 11.5 Å². The van der Waals surface area contributed by atoms with Crippen LogP contribution in [-0.4, -0.2) is 43.7 Å². The molecule has 1 aliphatic heterocycles. The number of halogens is 3. The number of hydrogen-bond acceptors (Lipinski definition) is 6. The lowest BCUT2D eigenvalue weighted by Crippen LogP contribution is -2.37. The summed E-state index contributed by atoms with van der Waals surface area (Å²) in [6, 6.07) is 3.85. The van der Waals surface area contributed by atoms with Crippen molar-refractivity contribution in [3.05, 3.63) is 23.8 Å². The Morgan fingerprint density at radius 1 is 1.23 bits per heavy atom. The maximum absolute atomic E-state index is 12.5. The highest BCUT2D eigenvalue weighted by Gasteiger charge is 2.49. The van der Waals surface area contributed by atoms with E-state index in [0.717, 1.165) is 6.07 Å². The van der Waals surface area contributed by atoms with Crippen molar-refractivity contribution in [1.82, 2.24) is 4.90 Å². The molecule has 0 spiro atoms. The van der Waals surface area contributed by atoms with Crippen LogP contribution in [0.3, 0.4) is 0 Å². The molecular weight excluding hydrogens is 379 g/mol. The smallest absolute Gasteiger partial charge is 0.487 e. The van der Waals surface area contributed by atoms with Crippen LogP contribution in [0, 0.1) is 0 Å². The predicted molar refractivity (Wildman–Crippen MR) is 84.2 cm³/mol. The Labute approximate surface area is 148 Å². The van der Waals surface area contributed by atoms with Gasteiger partial charge in [0.05, 0.1) is 13.1 Å². The average Bonchev–Trinajstić information content (AvgIpc) is 2.67. The van der Waals surface area contributed by atoms with Crippen LogP contribution in [0.1, 0.15) is 26.3 Å². The van der Waals surface area contributed by atoms with Crippen LogP contribution >= 0.6 is 0 Å². The number of para-hydroxylation sites is 1. The van der Waals surface area contributed by atoms with Gasteiger partial charge in [0.25, 0.3) is 0 Å². The molecule has 146 valence electrons. The van der Waals surface area contributed by atoms with Crippen molar-refractivity contribution in [3.8, 4) is 11.5 Å². The van der Waals surface area contributed by atoms with Gasteiger partial charge in [0.1, 0.15) is 12.2 Å². The molecule has 11 heteroatoms. The maximum atomic E-state index is 12.5. The minimum Gasteiger partial charge on any atom is -0.487 e. The summed E-state index contributed by atoms with van der Waals surface area (Å²) in [4.78, 5) is 13.5. The van der Waals surface area contributed by atoms with Gasteiger partial charge in [-0.2, -0.15) is 21.6 Å². The molecule has 1 aliphatic rings. The number of amides is 1. The van der Waals surface area contributed by atoms with Crippen LogP contribution < -0.4 is 8.92 Å². The minimum atomic E-state index is -5.84. The minimum absolute atomic E-state index is 0.0342. The molecule has 0 saturated heterocycles. The van der Waals surface area contributed by atoms with Crippen molar-refractivity contribution in [2.24, 2.45) is 0 Å². The van der Waals surface area contributed by atoms with Crippen LogP contribution in [0.5, 0.6) is 11.5 Å². The first-order valence-corrected chi connectivity index (χ1v) is 8.94. The number of ether oxygens (including phenoxy) is 2. The summed E-state index contributed by atoms with van der Waals surface area (Å²) in [7, 11) is -5.84. The van der Waals surface area contributed by atoms with Gasteiger partial charge in [0, 0.05) is 5.56 Å². The number of nitrogens with zero attached hydrogens (tertiary/aromatic N) is 1. The predicted octanol–water partition coefficient (Wildman–Crippen LogP) is 3.04. The van der Waals surface area contributed by atoms with E-state index in [1.165, 1.54) is 17.0 Å². The highest BCUT2D eigenvalue weighted by molar-refractivity contribution is 7.88. The highest BCUT2D eigenvalue weighted by Crippen LogP contribution is 2.37. The molecule has 1 aromatic rings. The zero-order valence-electron chi connectivity index (χ0n) is 14.3. The Morgan fingerprint density at radius 3 is 2.46 bits per heavy atom. The summed E-state index contributed by atoms with van der Waals surface area (Å²) < 4.78 is 74.9. The summed E-state index contributed by atoms with van der Waals surface area (Å²) >= 11 is 0. The van der Waals surface area contributed by atoms with Crippen molar-refractivity contribution in [2.75, 3.05) is 13.2 Å². The van der Waals surface area contributed by atoms with E-state index in [4.69, 9.17) is 9.47 Å². The van der Waals surface area contributed by atoms with E-state index in [0.29, 0.717) is 5.56 Å². The normalized spacial score (nSPS) is 15.5. The molecule has 7 nitrogen and oxygen atoms in total. The molecule has 26 heavy (non-hydrogen) atoms. The first kappa shape index (κ1) is 20.1. The fraction of sp³-hybridized carbons (Fsp3) is 0.533. The Morgan fingerprint density at radius 2 is 1.88 bits per heavy atom. The molecule has 1 aromatic carbocycles. The standard InChI is InChI=1S/C15H18F3NO6S/c1-14(2,3)24-13(20)19-7-8-23-12-10(9-19)5-4-6-11(12)25-26(21,22)15(16,17)18/h4-6H,7-9H2,1-3H3. The zero-order valence-corrected chi connectivity index (χ0v) is 15.1. The molecule has 0 bridgehead atoms. The lowest BCUT2D eigenvalue weighted by atomic mass is 10.2. The summed E-state index contributed by atoms with van der Waals surface area (Å²) in [6.45, 7) is 5.09. The summed E-state index contributed by atoms with van der Waals surface area (Å²) in [5.41, 5.74) is -6.00. The fourth-order valence-electron chi connectivity index (χ4n) is 2.11. The van der Waals surface area contributed by atoms with Crippen molar-refractivity contribution < 1.29 is 40.0 Å². The Balaban J connectivity index is 2.28. The van der Waals surface area contributed by atoms with E-state index in [2.05, 4.69) is 4.18 Å². The number of alkyl halides is 3. The van der Waals surface area contributed by atoms with Gasteiger partial charge in [-0.1, -0.05) is 12.1 Å². The van der Waals surface area contributed by atoms with Crippen molar-refractivity contribution in [2.45, 2.75) is 38.4 Å². The summed E-state index contributed by atoms with van der Waals surface area (Å²) in [6.07, 6.45) is -0.622. The van der Waals surface area contributed by atoms with Gasteiger partial charge in [-0.05, 0) is 26.8 Å². The Bertz CT molecular complexity index is 786. The average molecular weight is 397 g/mol. The number of hydrogen-bond donors (Lipinski definition) is 0. The molecule has 0 atom stereocenters. The highest BCUT2D eigenvalue weighted by atomic mass is 32.2. The van der Waals surface area contributed by atoms with E-state index >= 15 is 0 Å². The second-order valence-electron chi connectivity index (χ2n) is 6.48. The zero-order chi connectivity index (χ0) is 19.8. The molecule has 0 unspecified atom stereocenters. The van der Waals surface area contributed by atoms with Crippen LogP contribution in [0.25, 0.3) is 0 Å². The molecule has 0 saturated carbocycles. The third-order valence-electron chi connectivity index (χ3n) is 3.16. The number of fused-ring (bicyclic) bond motifs is 1. The molecule has 0 N–H and O–H groups in total. The van der Waals surface area contributed by atoms with Crippen LogP contribution in [0.2, 0.25) is 0 Å². The van der Waals surface area contributed by atoms with Crippen molar-refractivity contribution >= 4 is 16.2 Å². The molecule has 0 radical (unpaired) electrons. The van der Waals surface area contributed by atoms with E-state index in [1.807, 2.05) is 0 Å². The van der Waals surface area contributed by atoms with Crippen molar-refractivity contribution in [3.63, 3.8) is 0 Å². The van der Waals surface area contributed by atoms with Gasteiger partial charge in [-0.3, -0.25) is 0 Å². The first-order valence-electron chi connectivity index (χ1n) is 7.53. The lowest BCUT2D eigenvalue weighted by molar-refractivity contribution is -0.0500. The SMILES string of the molecule is CC(C)(C)OC(=O)N1CCOc2c(cccc2OS(=O)(=O)C(F)(F)F)C1. The number of benzene rings is 1. The molecule has 1 amide bonds. The monoisotopic (exact) mass is 397 g/mol. The molecule has 0 aromatic heterocycles. The molecule has 0 fully saturated rings. The van der Waals surface area contributed by atoms with Gasteiger partial charge < -0.3 is 18.6 Å². The van der Waals surface area contributed by atoms with Crippen LogP contribution in [0.15, 0.2) is 18.2 Å². The fourth-order valence-corrected chi connectivity index (χ4v) is 2.57. The number of carbonyl (C=O) groups excluding carboxylic acids is 1. The third kappa shape index (κ3) is 4.71. The largest absolute Gasteiger partial charge is 0.534 e. The number of carbonyl (C=O) groups is 1. The summed E-state index contributed by atoms with van der Waals surface area (Å²) in [5, 5.41) is 0.